The van der Waals surface area contributed by atoms with Gasteiger partial charge in [-0.25, -0.2) is 4.98 Å². The van der Waals surface area contributed by atoms with Crippen LogP contribution in [-0.4, -0.2) is 16.7 Å². The van der Waals surface area contributed by atoms with Crippen molar-refractivity contribution < 1.29 is 4.74 Å². The quantitative estimate of drug-likeness (QED) is 0.219. The first kappa shape index (κ1) is 21.8. The van der Waals surface area contributed by atoms with E-state index < -0.39 is 0 Å². The molecule has 0 atom stereocenters. The van der Waals surface area contributed by atoms with Crippen LogP contribution in [0.5, 0.6) is 5.75 Å². The van der Waals surface area contributed by atoms with Gasteiger partial charge in [0.25, 0.3) is 5.56 Å². The highest BCUT2D eigenvalue weighted by Gasteiger charge is 2.23. The highest BCUT2D eigenvalue weighted by Crippen LogP contribution is 2.36. The molecule has 1 aliphatic carbocycles. The van der Waals surface area contributed by atoms with Crippen LogP contribution >= 0.6 is 46.3 Å². The molecule has 32 heavy (non-hydrogen) atoms. The van der Waals surface area contributed by atoms with Gasteiger partial charge in [-0.05, 0) is 73.2 Å². The molecular formula is C24H20Cl2N2O2S2. The molecule has 0 aliphatic heterocycles. The Morgan fingerprint density at radius 3 is 2.62 bits per heavy atom. The lowest BCUT2D eigenvalue weighted by molar-refractivity contribution is 0.414. The van der Waals surface area contributed by atoms with Gasteiger partial charge >= 0.3 is 0 Å². The van der Waals surface area contributed by atoms with Gasteiger partial charge in [-0.3, -0.25) is 9.36 Å². The summed E-state index contributed by atoms with van der Waals surface area (Å²) in [5, 5.41) is 2.49. The lowest BCUT2D eigenvalue weighted by Crippen LogP contribution is -2.22. The highest BCUT2D eigenvalue weighted by atomic mass is 35.5. The van der Waals surface area contributed by atoms with E-state index in [-0.39, 0.29) is 5.56 Å². The van der Waals surface area contributed by atoms with Gasteiger partial charge in [-0.1, -0.05) is 41.0 Å². The molecule has 2 aromatic carbocycles. The summed E-state index contributed by atoms with van der Waals surface area (Å²) in [7, 11) is 1.63. The second kappa shape index (κ2) is 9.10. The minimum Gasteiger partial charge on any atom is -0.497 e. The summed E-state index contributed by atoms with van der Waals surface area (Å²) in [6.07, 6.45) is 4.27. The number of methoxy groups -OCH3 is 1. The number of hydrogen-bond donors (Lipinski definition) is 0. The number of rotatable bonds is 5. The molecule has 8 heteroatoms. The Hall–Kier alpha value is -1.99. The minimum atomic E-state index is -0.00351. The summed E-state index contributed by atoms with van der Waals surface area (Å²) in [4.78, 5) is 20.9. The first-order valence-electron chi connectivity index (χ1n) is 10.3. The number of nitrogens with zero attached hydrogens (tertiary/aromatic N) is 2. The fraction of sp³-hybridized carbons (Fsp3) is 0.250. The average molecular weight is 503 g/mol. The smallest absolute Gasteiger partial charge is 0.267 e. The topological polar surface area (TPSA) is 44.1 Å². The number of aromatic nitrogens is 2. The van der Waals surface area contributed by atoms with Gasteiger partial charge in [0.2, 0.25) is 0 Å². The summed E-state index contributed by atoms with van der Waals surface area (Å²) >= 11 is 15.4. The fourth-order valence-electron chi connectivity index (χ4n) is 4.02. The van der Waals surface area contributed by atoms with E-state index in [4.69, 9.17) is 32.9 Å². The number of hydrogen-bond acceptors (Lipinski definition) is 5. The lowest BCUT2D eigenvalue weighted by Gasteiger charge is -2.14. The van der Waals surface area contributed by atoms with Crippen LogP contribution in [0.15, 0.2) is 52.4 Å². The van der Waals surface area contributed by atoms with Gasteiger partial charge in [0.15, 0.2) is 5.16 Å². The molecule has 0 fully saturated rings. The SMILES string of the molecule is COc1ccc(-n2c(SCc3ccc(Cl)c(Cl)c3)nc3sc4c(c3c2=O)CCCC4)cc1. The molecule has 5 rings (SSSR count). The third-order valence-electron chi connectivity index (χ3n) is 5.64. The number of thiophene rings is 1. The van der Waals surface area contributed by atoms with Crippen LogP contribution in [0.3, 0.4) is 0 Å². The van der Waals surface area contributed by atoms with E-state index in [1.807, 2.05) is 36.4 Å². The maximum Gasteiger partial charge on any atom is 0.267 e. The number of aryl methyl sites for hydroxylation is 2. The molecule has 0 N–H and O–H groups in total. The Labute approximate surface area is 204 Å². The molecule has 0 spiro atoms. The molecule has 0 saturated carbocycles. The van der Waals surface area contributed by atoms with Crippen LogP contribution in [0, 0.1) is 0 Å². The molecule has 0 radical (unpaired) electrons. The van der Waals surface area contributed by atoms with Crippen LogP contribution in [-0.2, 0) is 18.6 Å². The van der Waals surface area contributed by atoms with Gasteiger partial charge in [0.05, 0.1) is 28.2 Å². The normalized spacial score (nSPS) is 13.3. The number of ether oxygens (including phenoxy) is 1. The van der Waals surface area contributed by atoms with E-state index in [1.165, 1.54) is 28.6 Å². The number of benzene rings is 2. The van der Waals surface area contributed by atoms with Crippen LogP contribution < -0.4 is 10.3 Å². The van der Waals surface area contributed by atoms with Gasteiger partial charge < -0.3 is 4.74 Å². The molecule has 0 bridgehead atoms. The van der Waals surface area contributed by atoms with Crippen molar-refractivity contribution in [1.29, 1.82) is 0 Å². The van der Waals surface area contributed by atoms with E-state index in [0.29, 0.717) is 21.0 Å². The second-order valence-corrected chi connectivity index (χ2v) is 10.5. The summed E-state index contributed by atoms with van der Waals surface area (Å²) in [5.41, 5.74) is 2.98. The van der Waals surface area contributed by atoms with Gasteiger partial charge in [0.1, 0.15) is 10.6 Å². The Morgan fingerprint density at radius 2 is 1.88 bits per heavy atom. The Morgan fingerprint density at radius 1 is 1.09 bits per heavy atom. The van der Waals surface area contributed by atoms with Crippen molar-refractivity contribution >= 4 is 56.5 Å². The van der Waals surface area contributed by atoms with Gasteiger partial charge in [0, 0.05) is 10.6 Å². The molecular weight excluding hydrogens is 483 g/mol. The Kier molecular flexibility index (Phi) is 6.21. The van der Waals surface area contributed by atoms with Crippen molar-refractivity contribution in [1.82, 2.24) is 9.55 Å². The number of thioether (sulfide) groups is 1. The van der Waals surface area contributed by atoms with Crippen LogP contribution in [0.2, 0.25) is 10.0 Å². The van der Waals surface area contributed by atoms with Crippen molar-refractivity contribution in [3.05, 3.63) is 78.9 Å². The van der Waals surface area contributed by atoms with Crippen LogP contribution in [0.1, 0.15) is 28.8 Å². The van der Waals surface area contributed by atoms with E-state index in [2.05, 4.69) is 0 Å². The van der Waals surface area contributed by atoms with Crippen molar-refractivity contribution in [2.24, 2.45) is 0 Å². The summed E-state index contributed by atoms with van der Waals surface area (Å²) < 4.78 is 7.02. The predicted octanol–water partition coefficient (Wildman–Crippen LogP) is 6.93. The molecule has 4 aromatic rings. The molecule has 2 heterocycles. The average Bonchev–Trinajstić information content (AvgIpc) is 3.19. The maximum absolute atomic E-state index is 13.8. The van der Waals surface area contributed by atoms with E-state index in [9.17, 15) is 4.79 Å². The molecule has 0 amide bonds. The first-order chi connectivity index (χ1) is 15.5. The Balaban J connectivity index is 1.63. The Bertz CT molecular complexity index is 1360. The monoisotopic (exact) mass is 502 g/mol. The number of halogens is 2. The zero-order valence-electron chi connectivity index (χ0n) is 17.4. The van der Waals surface area contributed by atoms with Gasteiger partial charge in [-0.2, -0.15) is 0 Å². The highest BCUT2D eigenvalue weighted by molar-refractivity contribution is 7.98. The number of fused-ring (bicyclic) bond motifs is 3. The predicted molar refractivity (Wildman–Crippen MR) is 134 cm³/mol. The molecule has 164 valence electrons. The summed E-state index contributed by atoms with van der Waals surface area (Å²) in [5.74, 6) is 1.37. The van der Waals surface area contributed by atoms with Crippen molar-refractivity contribution in [3.63, 3.8) is 0 Å². The van der Waals surface area contributed by atoms with Crippen molar-refractivity contribution in [2.75, 3.05) is 7.11 Å². The van der Waals surface area contributed by atoms with Crippen molar-refractivity contribution in [3.8, 4) is 11.4 Å². The molecule has 4 nitrogen and oxygen atoms in total. The largest absolute Gasteiger partial charge is 0.497 e. The van der Waals surface area contributed by atoms with Gasteiger partial charge in [-0.15, -0.1) is 11.3 Å². The minimum absolute atomic E-state index is 0.00351. The summed E-state index contributed by atoms with van der Waals surface area (Å²) in [6, 6.07) is 13.1. The van der Waals surface area contributed by atoms with E-state index >= 15 is 0 Å². The van der Waals surface area contributed by atoms with Crippen LogP contribution in [0.25, 0.3) is 15.9 Å². The third kappa shape index (κ3) is 4.05. The van der Waals surface area contributed by atoms with Crippen molar-refractivity contribution in [2.45, 2.75) is 36.6 Å². The zero-order valence-corrected chi connectivity index (χ0v) is 20.5. The molecule has 1 aliphatic rings. The first-order valence-corrected chi connectivity index (χ1v) is 12.9. The molecule has 2 aromatic heterocycles. The van der Waals surface area contributed by atoms with E-state index in [1.54, 1.807) is 29.1 Å². The third-order valence-corrected chi connectivity index (χ3v) is 8.58. The lowest BCUT2D eigenvalue weighted by atomic mass is 9.97. The zero-order chi connectivity index (χ0) is 22.2. The standard InChI is InChI=1S/C24H20Cl2N2O2S2/c1-30-16-9-7-15(8-10-16)28-23(29)21-17-4-2-3-5-20(17)32-22(21)27-24(28)31-13-14-6-11-18(25)19(26)12-14/h6-12H,2-5,13H2,1H3. The fourth-order valence-corrected chi connectivity index (χ4v) is 6.60. The van der Waals surface area contributed by atoms with Crippen LogP contribution in [0.4, 0.5) is 0 Å². The second-order valence-electron chi connectivity index (χ2n) is 7.66. The maximum atomic E-state index is 13.8. The molecule has 0 unspecified atom stereocenters. The van der Waals surface area contributed by atoms with E-state index in [0.717, 1.165) is 46.5 Å². The molecule has 0 saturated heterocycles. The summed E-state index contributed by atoms with van der Waals surface area (Å²) in [6.45, 7) is 0.